The van der Waals surface area contributed by atoms with Gasteiger partial charge in [0.1, 0.15) is 0 Å². The molecule has 0 amide bonds. The summed E-state index contributed by atoms with van der Waals surface area (Å²) in [6.45, 7) is 4.47. The molecule has 1 saturated heterocycles. The van der Waals surface area contributed by atoms with Crippen molar-refractivity contribution in [3.63, 3.8) is 0 Å². The highest BCUT2D eigenvalue weighted by Gasteiger charge is 2.19. The number of likely N-dealkylation sites (tertiary alicyclic amines) is 1. The molecule has 1 aromatic rings. The highest BCUT2D eigenvalue weighted by atomic mass is 35.5. The molecule has 1 aliphatic rings. The first-order chi connectivity index (χ1) is 8.56. The molecule has 4 heteroatoms. The molecular formula is C14H20Cl2N2. The quantitative estimate of drug-likeness (QED) is 0.911. The summed E-state index contributed by atoms with van der Waals surface area (Å²) in [5.74, 6) is 0. The Morgan fingerprint density at radius 2 is 1.94 bits per heavy atom. The highest BCUT2D eigenvalue weighted by molar-refractivity contribution is 6.33. The summed E-state index contributed by atoms with van der Waals surface area (Å²) in [5, 5.41) is 5.18. The topological polar surface area (TPSA) is 15.3 Å². The van der Waals surface area contributed by atoms with Crippen molar-refractivity contribution in [1.82, 2.24) is 10.2 Å². The van der Waals surface area contributed by atoms with E-state index in [0.29, 0.717) is 6.04 Å². The predicted octanol–water partition coefficient (Wildman–Crippen LogP) is 3.74. The van der Waals surface area contributed by atoms with Crippen LogP contribution < -0.4 is 5.32 Å². The minimum Gasteiger partial charge on any atom is -0.307 e. The lowest BCUT2D eigenvalue weighted by molar-refractivity contribution is 0.226. The van der Waals surface area contributed by atoms with Crippen molar-refractivity contribution in [1.29, 1.82) is 0 Å². The van der Waals surface area contributed by atoms with Gasteiger partial charge in [0.15, 0.2) is 0 Å². The van der Waals surface area contributed by atoms with E-state index in [4.69, 9.17) is 23.2 Å². The van der Waals surface area contributed by atoms with E-state index in [2.05, 4.69) is 24.2 Å². The van der Waals surface area contributed by atoms with Gasteiger partial charge in [0.25, 0.3) is 0 Å². The van der Waals surface area contributed by atoms with Crippen LogP contribution in [0.1, 0.15) is 31.4 Å². The van der Waals surface area contributed by atoms with Crippen LogP contribution in [0, 0.1) is 0 Å². The van der Waals surface area contributed by atoms with Gasteiger partial charge in [-0.05, 0) is 63.7 Å². The minimum absolute atomic E-state index is 0.240. The van der Waals surface area contributed by atoms with E-state index < -0.39 is 0 Å². The molecule has 1 N–H and O–H groups in total. The van der Waals surface area contributed by atoms with E-state index >= 15 is 0 Å². The Bertz CT molecular complexity index is 401. The van der Waals surface area contributed by atoms with Gasteiger partial charge in [0, 0.05) is 22.1 Å². The van der Waals surface area contributed by atoms with Crippen LogP contribution in [0.4, 0.5) is 0 Å². The first-order valence-electron chi connectivity index (χ1n) is 6.46. The van der Waals surface area contributed by atoms with Crippen molar-refractivity contribution in [2.75, 3.05) is 20.1 Å². The zero-order valence-electron chi connectivity index (χ0n) is 10.9. The normalized spacial score (nSPS) is 20.0. The number of rotatable bonds is 3. The third-order valence-electron chi connectivity index (χ3n) is 3.63. The summed E-state index contributed by atoms with van der Waals surface area (Å²) in [6.07, 6.45) is 2.39. The third-order valence-corrected chi connectivity index (χ3v) is 4.21. The second-order valence-corrected chi connectivity index (χ2v) is 5.98. The van der Waals surface area contributed by atoms with Gasteiger partial charge in [0.05, 0.1) is 0 Å². The summed E-state index contributed by atoms with van der Waals surface area (Å²) in [4.78, 5) is 2.37. The molecule has 1 heterocycles. The van der Waals surface area contributed by atoms with Gasteiger partial charge in [-0.25, -0.2) is 0 Å². The van der Waals surface area contributed by atoms with E-state index in [0.717, 1.165) is 28.7 Å². The first kappa shape index (κ1) is 14.1. The molecule has 0 radical (unpaired) electrons. The Morgan fingerprint density at radius 3 is 2.61 bits per heavy atom. The zero-order valence-corrected chi connectivity index (χ0v) is 12.4. The largest absolute Gasteiger partial charge is 0.307 e. The average molecular weight is 287 g/mol. The van der Waals surface area contributed by atoms with E-state index in [-0.39, 0.29) is 6.04 Å². The van der Waals surface area contributed by atoms with Crippen molar-refractivity contribution in [3.05, 3.63) is 33.8 Å². The van der Waals surface area contributed by atoms with Crippen LogP contribution in [0.2, 0.25) is 10.0 Å². The maximum absolute atomic E-state index is 6.23. The van der Waals surface area contributed by atoms with Gasteiger partial charge in [-0.2, -0.15) is 0 Å². The predicted molar refractivity (Wildman–Crippen MR) is 78.5 cm³/mol. The van der Waals surface area contributed by atoms with Gasteiger partial charge >= 0.3 is 0 Å². The third kappa shape index (κ3) is 3.61. The van der Waals surface area contributed by atoms with Gasteiger partial charge in [0.2, 0.25) is 0 Å². The number of hydrogen-bond donors (Lipinski definition) is 1. The molecule has 0 aliphatic carbocycles. The summed E-state index contributed by atoms with van der Waals surface area (Å²) >= 11 is 12.3. The fraction of sp³-hybridized carbons (Fsp3) is 0.571. The van der Waals surface area contributed by atoms with E-state index in [9.17, 15) is 0 Å². The fourth-order valence-electron chi connectivity index (χ4n) is 2.47. The molecule has 2 nitrogen and oxygen atoms in total. The molecule has 1 aromatic carbocycles. The Morgan fingerprint density at radius 1 is 1.28 bits per heavy atom. The minimum atomic E-state index is 0.240. The SMILES string of the molecule is CC(NC1CCN(C)CC1)c1cc(Cl)ccc1Cl. The van der Waals surface area contributed by atoms with Crippen LogP contribution in [-0.2, 0) is 0 Å². The zero-order chi connectivity index (χ0) is 13.1. The standard InChI is InChI=1S/C14H20Cl2N2/c1-10(13-9-11(15)3-4-14(13)16)17-12-5-7-18(2)8-6-12/h3-4,9-10,12,17H,5-8H2,1-2H3. The van der Waals surface area contributed by atoms with Gasteiger partial charge < -0.3 is 10.2 Å². The average Bonchev–Trinajstić information content (AvgIpc) is 2.35. The van der Waals surface area contributed by atoms with E-state index in [1.165, 1.54) is 12.8 Å². The van der Waals surface area contributed by atoms with Crippen molar-refractivity contribution in [2.45, 2.75) is 31.8 Å². The molecule has 0 aromatic heterocycles. The van der Waals surface area contributed by atoms with Crippen molar-refractivity contribution < 1.29 is 0 Å². The van der Waals surface area contributed by atoms with Crippen LogP contribution >= 0.6 is 23.2 Å². The molecule has 2 rings (SSSR count). The Hall–Kier alpha value is -0.280. The lowest BCUT2D eigenvalue weighted by atomic mass is 10.0. The van der Waals surface area contributed by atoms with Crippen LogP contribution in [0.15, 0.2) is 18.2 Å². The fourth-order valence-corrected chi connectivity index (χ4v) is 2.93. The van der Waals surface area contributed by atoms with E-state index in [1.807, 2.05) is 18.2 Å². The first-order valence-corrected chi connectivity index (χ1v) is 7.21. The van der Waals surface area contributed by atoms with Gasteiger partial charge in [-0.1, -0.05) is 23.2 Å². The Balaban J connectivity index is 1.98. The lowest BCUT2D eigenvalue weighted by Crippen LogP contribution is -2.41. The molecule has 1 atom stereocenters. The molecular weight excluding hydrogens is 267 g/mol. The smallest absolute Gasteiger partial charge is 0.0454 e. The van der Waals surface area contributed by atoms with E-state index in [1.54, 1.807) is 0 Å². The Labute approximate surface area is 119 Å². The Kier molecular flexibility index (Phi) is 4.91. The number of nitrogens with zero attached hydrogens (tertiary/aromatic N) is 1. The maximum Gasteiger partial charge on any atom is 0.0454 e. The molecule has 0 spiro atoms. The summed E-state index contributed by atoms with van der Waals surface area (Å²) < 4.78 is 0. The molecule has 1 unspecified atom stereocenters. The molecule has 0 saturated carbocycles. The molecule has 18 heavy (non-hydrogen) atoms. The number of benzene rings is 1. The van der Waals surface area contributed by atoms with Gasteiger partial charge in [-0.15, -0.1) is 0 Å². The van der Waals surface area contributed by atoms with Crippen LogP contribution in [0.25, 0.3) is 0 Å². The van der Waals surface area contributed by atoms with Crippen molar-refractivity contribution in [3.8, 4) is 0 Å². The van der Waals surface area contributed by atoms with Gasteiger partial charge in [-0.3, -0.25) is 0 Å². The van der Waals surface area contributed by atoms with Crippen molar-refractivity contribution in [2.24, 2.45) is 0 Å². The van der Waals surface area contributed by atoms with Crippen LogP contribution in [0.3, 0.4) is 0 Å². The maximum atomic E-state index is 6.23. The summed E-state index contributed by atoms with van der Waals surface area (Å²) in [6, 6.07) is 6.47. The number of nitrogens with one attached hydrogen (secondary N) is 1. The molecule has 1 aliphatic heterocycles. The van der Waals surface area contributed by atoms with Crippen LogP contribution in [-0.4, -0.2) is 31.1 Å². The molecule has 1 fully saturated rings. The highest BCUT2D eigenvalue weighted by Crippen LogP contribution is 2.27. The number of hydrogen-bond acceptors (Lipinski definition) is 2. The number of halogens is 2. The second kappa shape index (κ2) is 6.25. The number of piperidine rings is 1. The van der Waals surface area contributed by atoms with Crippen molar-refractivity contribution >= 4 is 23.2 Å². The summed E-state index contributed by atoms with van der Waals surface area (Å²) in [5.41, 5.74) is 1.09. The lowest BCUT2D eigenvalue weighted by Gasteiger charge is -2.32. The second-order valence-electron chi connectivity index (χ2n) is 5.13. The molecule has 0 bridgehead atoms. The van der Waals surface area contributed by atoms with Crippen LogP contribution in [0.5, 0.6) is 0 Å². The monoisotopic (exact) mass is 286 g/mol. The molecule has 100 valence electrons. The summed E-state index contributed by atoms with van der Waals surface area (Å²) in [7, 11) is 2.17.